The molecule has 0 unspecified atom stereocenters. The van der Waals surface area contributed by atoms with Crippen LogP contribution in [-0.2, 0) is 20.1 Å². The molecule has 2 aromatic heterocycles. The highest BCUT2D eigenvalue weighted by molar-refractivity contribution is 5.78. The third-order valence-corrected chi connectivity index (χ3v) is 5.83. The van der Waals surface area contributed by atoms with Crippen molar-refractivity contribution in [2.75, 3.05) is 11.4 Å². The van der Waals surface area contributed by atoms with E-state index in [1.165, 1.54) is 14.7 Å². The molecule has 0 bridgehead atoms. The molecule has 0 fully saturated rings. The van der Waals surface area contributed by atoms with Crippen LogP contribution in [-0.4, -0.2) is 25.2 Å². The predicted octanol–water partition coefficient (Wildman–Crippen LogP) is 2.71. The van der Waals surface area contributed by atoms with Crippen molar-refractivity contribution < 1.29 is 0 Å². The average Bonchev–Trinajstić information content (AvgIpc) is 3.30. The Morgan fingerprint density at radius 2 is 1.77 bits per heavy atom. The molecule has 0 aliphatic carbocycles. The van der Waals surface area contributed by atoms with Gasteiger partial charge in [-0.3, -0.25) is 13.9 Å². The molecule has 5 rings (SSSR count). The zero-order valence-electron chi connectivity index (χ0n) is 17.3. The van der Waals surface area contributed by atoms with Crippen LogP contribution in [0.1, 0.15) is 16.7 Å². The van der Waals surface area contributed by atoms with E-state index in [1.807, 2.05) is 34.9 Å². The molecule has 4 aromatic rings. The minimum Gasteiger partial charge on any atom is -0.310 e. The van der Waals surface area contributed by atoms with Crippen LogP contribution in [0.15, 0.2) is 58.1 Å². The number of nitrogens with zero attached hydrogens (tertiary/aromatic N) is 5. The number of imidazole rings is 1. The van der Waals surface area contributed by atoms with Gasteiger partial charge >= 0.3 is 5.69 Å². The number of anilines is 2. The van der Waals surface area contributed by atoms with Gasteiger partial charge in [0, 0.05) is 25.8 Å². The molecule has 0 amide bonds. The van der Waals surface area contributed by atoms with Crippen molar-refractivity contribution in [2.24, 2.45) is 7.05 Å². The standard InChI is InChI=1S/C23H23N5O2/c1-15-9-10-18(16(2)13-15)26-11-12-27-19-20(24-22(26)27)25(3)23(30)28(21(19)29)14-17-7-5-4-6-8-17/h4-10,13H,11-12,14H2,1-3H3. The molecule has 7 nitrogen and oxygen atoms in total. The lowest BCUT2D eigenvalue weighted by atomic mass is 10.1. The number of rotatable bonds is 3. The van der Waals surface area contributed by atoms with Crippen LogP contribution in [0.3, 0.4) is 0 Å². The second-order valence-corrected chi connectivity index (χ2v) is 7.90. The number of benzene rings is 2. The first-order chi connectivity index (χ1) is 14.5. The summed E-state index contributed by atoms with van der Waals surface area (Å²) in [7, 11) is 1.68. The first-order valence-corrected chi connectivity index (χ1v) is 10.0. The van der Waals surface area contributed by atoms with Crippen molar-refractivity contribution in [1.29, 1.82) is 0 Å². The third kappa shape index (κ3) is 2.69. The molecule has 0 spiro atoms. The van der Waals surface area contributed by atoms with Gasteiger partial charge < -0.3 is 9.47 Å². The molecule has 2 aromatic carbocycles. The quantitative estimate of drug-likeness (QED) is 0.530. The van der Waals surface area contributed by atoms with Crippen LogP contribution >= 0.6 is 0 Å². The molecular weight excluding hydrogens is 378 g/mol. The van der Waals surface area contributed by atoms with Gasteiger partial charge in [0.05, 0.1) is 6.54 Å². The van der Waals surface area contributed by atoms with Gasteiger partial charge in [-0.1, -0.05) is 48.0 Å². The maximum atomic E-state index is 13.4. The summed E-state index contributed by atoms with van der Waals surface area (Å²) in [6, 6.07) is 15.9. The van der Waals surface area contributed by atoms with E-state index in [-0.39, 0.29) is 17.8 Å². The normalized spacial score (nSPS) is 13.2. The highest BCUT2D eigenvalue weighted by atomic mass is 16.2. The highest BCUT2D eigenvalue weighted by Gasteiger charge is 2.29. The first kappa shape index (κ1) is 18.4. The minimum atomic E-state index is -0.355. The Labute approximate surface area is 173 Å². The summed E-state index contributed by atoms with van der Waals surface area (Å²) in [5.41, 5.74) is 4.61. The van der Waals surface area contributed by atoms with Gasteiger partial charge in [0.1, 0.15) is 0 Å². The zero-order valence-corrected chi connectivity index (χ0v) is 17.3. The van der Waals surface area contributed by atoms with E-state index in [1.54, 1.807) is 7.05 Å². The van der Waals surface area contributed by atoms with Crippen LogP contribution in [0, 0.1) is 13.8 Å². The van der Waals surface area contributed by atoms with Crippen molar-refractivity contribution in [3.05, 3.63) is 86.1 Å². The van der Waals surface area contributed by atoms with Crippen molar-refractivity contribution >= 4 is 22.8 Å². The molecule has 0 N–H and O–H groups in total. The van der Waals surface area contributed by atoms with Crippen molar-refractivity contribution in [1.82, 2.24) is 18.7 Å². The summed E-state index contributed by atoms with van der Waals surface area (Å²) in [5.74, 6) is 0.710. The fourth-order valence-corrected chi connectivity index (χ4v) is 4.32. The predicted molar refractivity (Wildman–Crippen MR) is 118 cm³/mol. The van der Waals surface area contributed by atoms with Gasteiger partial charge in [0.15, 0.2) is 11.2 Å². The second kappa shape index (κ2) is 6.73. The lowest BCUT2D eigenvalue weighted by Crippen LogP contribution is -2.40. The number of aromatic nitrogens is 4. The summed E-state index contributed by atoms with van der Waals surface area (Å²) in [5, 5.41) is 0. The molecule has 0 radical (unpaired) electrons. The van der Waals surface area contributed by atoms with Crippen LogP contribution in [0.2, 0.25) is 0 Å². The highest BCUT2D eigenvalue weighted by Crippen LogP contribution is 2.33. The Morgan fingerprint density at radius 3 is 2.50 bits per heavy atom. The van der Waals surface area contributed by atoms with E-state index >= 15 is 0 Å². The first-order valence-electron chi connectivity index (χ1n) is 10.0. The Hall–Kier alpha value is -3.61. The zero-order chi connectivity index (χ0) is 21.0. The Morgan fingerprint density at radius 1 is 1.00 bits per heavy atom. The molecule has 3 heterocycles. The van der Waals surface area contributed by atoms with Crippen LogP contribution in [0.4, 0.5) is 11.6 Å². The summed E-state index contributed by atoms with van der Waals surface area (Å²) in [4.78, 5) is 33.1. The molecular formula is C23H23N5O2. The molecule has 1 aliphatic heterocycles. The lowest BCUT2D eigenvalue weighted by Gasteiger charge is -2.19. The Balaban J connectivity index is 1.69. The summed E-state index contributed by atoms with van der Waals surface area (Å²) < 4.78 is 4.72. The van der Waals surface area contributed by atoms with E-state index in [0.717, 1.165) is 23.4 Å². The second-order valence-electron chi connectivity index (χ2n) is 7.90. The van der Waals surface area contributed by atoms with E-state index in [4.69, 9.17) is 4.98 Å². The molecule has 0 saturated heterocycles. The number of hydrogen-bond acceptors (Lipinski definition) is 4. The van der Waals surface area contributed by atoms with Crippen molar-refractivity contribution in [2.45, 2.75) is 26.9 Å². The molecule has 7 heteroatoms. The van der Waals surface area contributed by atoms with Crippen molar-refractivity contribution in [3.8, 4) is 0 Å². The summed E-state index contributed by atoms with van der Waals surface area (Å²) in [6.07, 6.45) is 0. The van der Waals surface area contributed by atoms with Gasteiger partial charge in [0.2, 0.25) is 5.95 Å². The minimum absolute atomic E-state index is 0.240. The lowest BCUT2D eigenvalue weighted by molar-refractivity contribution is 0.652. The maximum absolute atomic E-state index is 13.4. The van der Waals surface area contributed by atoms with Crippen LogP contribution in [0.5, 0.6) is 0 Å². The van der Waals surface area contributed by atoms with Crippen LogP contribution in [0.25, 0.3) is 11.2 Å². The number of hydrogen-bond donors (Lipinski definition) is 0. The van der Waals surface area contributed by atoms with E-state index in [0.29, 0.717) is 23.7 Å². The summed E-state index contributed by atoms with van der Waals surface area (Å²) >= 11 is 0. The third-order valence-electron chi connectivity index (χ3n) is 5.83. The number of fused-ring (bicyclic) bond motifs is 3. The molecule has 152 valence electrons. The van der Waals surface area contributed by atoms with Gasteiger partial charge in [-0.2, -0.15) is 4.98 Å². The average molecular weight is 401 g/mol. The fourth-order valence-electron chi connectivity index (χ4n) is 4.32. The van der Waals surface area contributed by atoms with Crippen molar-refractivity contribution in [3.63, 3.8) is 0 Å². The number of aryl methyl sites for hydroxylation is 3. The molecule has 0 saturated carbocycles. The topological polar surface area (TPSA) is 65.1 Å². The Bertz CT molecular complexity index is 1400. The Kier molecular flexibility index (Phi) is 4.13. The maximum Gasteiger partial charge on any atom is 0.332 e. The monoisotopic (exact) mass is 401 g/mol. The van der Waals surface area contributed by atoms with Gasteiger partial charge in [-0.15, -0.1) is 0 Å². The smallest absolute Gasteiger partial charge is 0.310 e. The van der Waals surface area contributed by atoms with Crippen LogP contribution < -0.4 is 16.1 Å². The molecule has 1 aliphatic rings. The summed E-state index contributed by atoms with van der Waals surface area (Å²) in [6.45, 7) is 5.78. The van der Waals surface area contributed by atoms with E-state index < -0.39 is 0 Å². The molecule has 30 heavy (non-hydrogen) atoms. The molecule has 0 atom stereocenters. The van der Waals surface area contributed by atoms with E-state index in [9.17, 15) is 9.59 Å². The van der Waals surface area contributed by atoms with Gasteiger partial charge in [-0.05, 0) is 31.0 Å². The fraction of sp³-hybridized carbons (Fsp3) is 0.261. The van der Waals surface area contributed by atoms with Gasteiger partial charge in [-0.25, -0.2) is 4.79 Å². The SMILES string of the molecule is Cc1ccc(N2CCn3c2nc2c3c(=O)n(Cc3ccccc3)c(=O)n2C)c(C)c1. The van der Waals surface area contributed by atoms with Gasteiger partial charge in [0.25, 0.3) is 5.56 Å². The largest absolute Gasteiger partial charge is 0.332 e. The van der Waals surface area contributed by atoms with E-state index in [2.05, 4.69) is 36.9 Å².